The van der Waals surface area contributed by atoms with Crippen LogP contribution in [0.4, 0.5) is 0 Å². The zero-order chi connectivity index (χ0) is 10.6. The summed E-state index contributed by atoms with van der Waals surface area (Å²) in [6.07, 6.45) is 2.41. The van der Waals surface area contributed by atoms with E-state index in [1.54, 1.807) is 11.8 Å². The first-order valence-electron chi connectivity index (χ1n) is 4.08. The van der Waals surface area contributed by atoms with E-state index in [4.69, 9.17) is 11.6 Å². The summed E-state index contributed by atoms with van der Waals surface area (Å²) in [7, 11) is 0. The van der Waals surface area contributed by atoms with E-state index in [9.17, 15) is 4.79 Å². The average Bonchev–Trinajstić information content (AvgIpc) is 2.18. The molecular weight excluding hydrogens is 284 g/mol. The molecule has 76 valence electrons. The van der Waals surface area contributed by atoms with Gasteiger partial charge in [-0.2, -0.15) is 0 Å². The molecule has 0 radical (unpaired) electrons. The van der Waals surface area contributed by atoms with E-state index in [-0.39, 0.29) is 5.78 Å². The van der Waals surface area contributed by atoms with Crippen LogP contribution in [-0.4, -0.2) is 17.4 Å². The third kappa shape index (κ3) is 3.01. The number of benzene rings is 1. The number of rotatable bonds is 4. The molecule has 0 atom stereocenters. The van der Waals surface area contributed by atoms with Crippen molar-refractivity contribution in [3.05, 3.63) is 28.8 Å². The van der Waals surface area contributed by atoms with Gasteiger partial charge in [0.1, 0.15) is 5.78 Å². The summed E-state index contributed by atoms with van der Waals surface area (Å²) in [6, 6.07) is 5.66. The maximum atomic E-state index is 11.3. The highest BCUT2D eigenvalue weighted by atomic mass is 79.9. The van der Waals surface area contributed by atoms with E-state index in [0.717, 1.165) is 15.5 Å². The normalized spacial score (nSPS) is 10.2. The molecular formula is C10H10BrClOS. The molecule has 0 N–H and O–H groups in total. The first-order chi connectivity index (χ1) is 6.69. The Morgan fingerprint density at radius 1 is 1.57 bits per heavy atom. The fourth-order valence-electron chi connectivity index (χ4n) is 1.18. The van der Waals surface area contributed by atoms with Gasteiger partial charge in [0.05, 0.1) is 10.4 Å². The molecule has 0 fully saturated rings. The summed E-state index contributed by atoms with van der Waals surface area (Å²) < 4.78 is 0. The number of carbonyl (C=O) groups excluding carboxylic acids is 1. The Bertz CT molecular complexity index is 341. The molecule has 1 aromatic rings. The predicted octanol–water partition coefficient (Wildman–Crippen LogP) is 3.57. The summed E-state index contributed by atoms with van der Waals surface area (Å²) in [6.45, 7) is 0. The molecule has 14 heavy (non-hydrogen) atoms. The highest BCUT2D eigenvalue weighted by Crippen LogP contribution is 2.29. The monoisotopic (exact) mass is 292 g/mol. The second kappa shape index (κ2) is 5.79. The number of carbonyl (C=O) groups is 1. The summed E-state index contributed by atoms with van der Waals surface area (Å²) in [4.78, 5) is 12.3. The summed E-state index contributed by atoms with van der Waals surface area (Å²) in [5, 5.41) is 1.12. The van der Waals surface area contributed by atoms with Gasteiger partial charge in [-0.1, -0.05) is 39.7 Å². The molecule has 0 bridgehead atoms. The van der Waals surface area contributed by atoms with Crippen LogP contribution in [0.5, 0.6) is 0 Å². The molecule has 1 nitrogen and oxygen atoms in total. The van der Waals surface area contributed by atoms with Crippen molar-refractivity contribution in [3.63, 3.8) is 0 Å². The second-order valence-corrected chi connectivity index (χ2v) is 4.57. The number of hydrogen-bond donors (Lipinski definition) is 0. The van der Waals surface area contributed by atoms with Crippen molar-refractivity contribution < 1.29 is 4.79 Å². The van der Waals surface area contributed by atoms with E-state index < -0.39 is 0 Å². The molecule has 1 rings (SSSR count). The zero-order valence-electron chi connectivity index (χ0n) is 7.72. The van der Waals surface area contributed by atoms with E-state index >= 15 is 0 Å². The Kier molecular flexibility index (Phi) is 4.99. The number of ketones is 1. The number of halogens is 2. The van der Waals surface area contributed by atoms with E-state index in [0.29, 0.717) is 11.8 Å². The van der Waals surface area contributed by atoms with E-state index in [2.05, 4.69) is 15.9 Å². The zero-order valence-corrected chi connectivity index (χ0v) is 10.9. The fourth-order valence-corrected chi connectivity index (χ4v) is 2.47. The van der Waals surface area contributed by atoms with Crippen molar-refractivity contribution in [1.29, 1.82) is 0 Å². The molecule has 0 saturated carbocycles. The first kappa shape index (κ1) is 12.1. The Morgan fingerprint density at radius 3 is 2.86 bits per heavy atom. The molecule has 4 heteroatoms. The Morgan fingerprint density at radius 2 is 2.29 bits per heavy atom. The minimum Gasteiger partial charge on any atom is -0.298 e. The Labute approximate surface area is 101 Å². The van der Waals surface area contributed by atoms with Gasteiger partial charge in [-0.05, 0) is 17.9 Å². The van der Waals surface area contributed by atoms with Crippen molar-refractivity contribution in [2.24, 2.45) is 0 Å². The lowest BCUT2D eigenvalue weighted by Gasteiger charge is -2.07. The SMILES string of the molecule is CSc1c(Cl)cccc1CC(=O)CBr. The molecule has 0 spiro atoms. The van der Waals surface area contributed by atoms with Gasteiger partial charge < -0.3 is 0 Å². The lowest BCUT2D eigenvalue weighted by molar-refractivity contribution is -0.115. The highest BCUT2D eigenvalue weighted by molar-refractivity contribution is 9.09. The summed E-state index contributed by atoms with van der Waals surface area (Å²) in [5.41, 5.74) is 1.01. The second-order valence-electron chi connectivity index (χ2n) is 2.78. The van der Waals surface area contributed by atoms with Crippen molar-refractivity contribution in [3.8, 4) is 0 Å². The van der Waals surface area contributed by atoms with Gasteiger partial charge in [0.15, 0.2) is 0 Å². The fraction of sp³-hybridized carbons (Fsp3) is 0.300. The lowest BCUT2D eigenvalue weighted by Crippen LogP contribution is -2.04. The van der Waals surface area contributed by atoms with E-state index in [1.165, 1.54) is 0 Å². The van der Waals surface area contributed by atoms with Crippen molar-refractivity contribution in [2.75, 3.05) is 11.6 Å². The van der Waals surface area contributed by atoms with Crippen LogP contribution in [0.2, 0.25) is 5.02 Å². The largest absolute Gasteiger partial charge is 0.298 e. The van der Waals surface area contributed by atoms with Gasteiger partial charge in [0.2, 0.25) is 0 Å². The van der Waals surface area contributed by atoms with Crippen LogP contribution < -0.4 is 0 Å². The molecule has 0 amide bonds. The summed E-state index contributed by atoms with van der Waals surface area (Å²) >= 11 is 10.7. The van der Waals surface area contributed by atoms with Gasteiger partial charge in [-0.15, -0.1) is 11.8 Å². The van der Waals surface area contributed by atoms with Crippen LogP contribution in [0.25, 0.3) is 0 Å². The maximum absolute atomic E-state index is 11.3. The van der Waals surface area contributed by atoms with Crippen LogP contribution in [0.3, 0.4) is 0 Å². The molecule has 0 heterocycles. The third-order valence-corrected chi connectivity index (χ3v) is 3.73. The lowest BCUT2D eigenvalue weighted by atomic mass is 10.1. The number of hydrogen-bond acceptors (Lipinski definition) is 2. The van der Waals surface area contributed by atoms with Crippen LogP contribution in [0, 0.1) is 0 Å². The van der Waals surface area contributed by atoms with Gasteiger partial charge in [0, 0.05) is 11.3 Å². The van der Waals surface area contributed by atoms with Crippen LogP contribution in [-0.2, 0) is 11.2 Å². The van der Waals surface area contributed by atoms with Crippen molar-refractivity contribution in [2.45, 2.75) is 11.3 Å². The smallest absolute Gasteiger partial charge is 0.147 e. The van der Waals surface area contributed by atoms with E-state index in [1.807, 2.05) is 24.5 Å². The predicted molar refractivity (Wildman–Crippen MR) is 65.7 cm³/mol. The van der Waals surface area contributed by atoms with Crippen LogP contribution >= 0.6 is 39.3 Å². The van der Waals surface area contributed by atoms with Crippen molar-refractivity contribution >= 4 is 45.1 Å². The highest BCUT2D eigenvalue weighted by Gasteiger charge is 2.08. The topological polar surface area (TPSA) is 17.1 Å². The minimum atomic E-state index is 0.169. The molecule has 1 aromatic carbocycles. The molecule has 0 aromatic heterocycles. The Hall–Kier alpha value is 0.01000. The molecule has 0 aliphatic carbocycles. The number of thioether (sulfide) groups is 1. The third-order valence-electron chi connectivity index (χ3n) is 1.79. The molecule has 0 saturated heterocycles. The minimum absolute atomic E-state index is 0.169. The van der Waals surface area contributed by atoms with Crippen molar-refractivity contribution in [1.82, 2.24) is 0 Å². The standard InChI is InChI=1S/C10H10BrClOS/c1-14-10-7(5-8(13)6-11)3-2-4-9(10)12/h2-4H,5-6H2,1H3. The van der Waals surface area contributed by atoms with Gasteiger partial charge in [-0.3, -0.25) is 4.79 Å². The number of alkyl halides is 1. The Balaban J connectivity index is 2.96. The molecule has 0 unspecified atom stereocenters. The maximum Gasteiger partial charge on any atom is 0.147 e. The van der Waals surface area contributed by atoms with Crippen LogP contribution in [0.15, 0.2) is 23.1 Å². The quantitative estimate of drug-likeness (QED) is 0.623. The first-order valence-corrected chi connectivity index (χ1v) is 6.80. The van der Waals surface area contributed by atoms with Gasteiger partial charge in [0.25, 0.3) is 0 Å². The molecule has 0 aliphatic rings. The average molecular weight is 294 g/mol. The number of Topliss-reactive ketones (excluding diaryl/α,β-unsaturated/α-hetero) is 1. The van der Waals surface area contributed by atoms with Gasteiger partial charge >= 0.3 is 0 Å². The van der Waals surface area contributed by atoms with Crippen LogP contribution in [0.1, 0.15) is 5.56 Å². The van der Waals surface area contributed by atoms with Gasteiger partial charge in [-0.25, -0.2) is 0 Å². The summed E-state index contributed by atoms with van der Waals surface area (Å²) in [5.74, 6) is 0.169. The molecule has 0 aliphatic heterocycles.